The summed E-state index contributed by atoms with van der Waals surface area (Å²) in [5, 5.41) is 24.6. The second-order valence-corrected chi connectivity index (χ2v) is 17.7. The molecule has 4 unspecified atom stereocenters. The van der Waals surface area contributed by atoms with Gasteiger partial charge in [-0.2, -0.15) is 0 Å². The molecule has 4 atom stereocenters. The first kappa shape index (κ1) is 51.9. The SMILES string of the molecule is CCCCC/C=C/CC/C=C/CCCC(O)C(O)C(COP(=O)(O)OCC[N+](C)(C)C)NC(=O)CCCCCCCCCCCCCCCCCCC. The molecule has 0 heterocycles. The molecule has 10 heteroatoms. The number of nitrogens with one attached hydrogen (secondary N) is 1. The van der Waals surface area contributed by atoms with Crippen molar-refractivity contribution in [2.75, 3.05) is 40.9 Å². The van der Waals surface area contributed by atoms with Gasteiger partial charge in [-0.15, -0.1) is 0 Å². The Bertz CT molecular complexity index is 940. The van der Waals surface area contributed by atoms with E-state index in [0.29, 0.717) is 23.9 Å². The number of amides is 1. The average Bonchev–Trinajstić information content (AvgIpc) is 3.10. The normalized spacial score (nSPS) is 15.2. The Kier molecular flexibility index (Phi) is 34.7. The molecule has 314 valence electrons. The van der Waals surface area contributed by atoms with Crippen LogP contribution in [-0.4, -0.2) is 84.6 Å². The summed E-state index contributed by atoms with van der Waals surface area (Å²) in [5.74, 6) is -0.271. The Hall–Kier alpha value is -1.06. The minimum absolute atomic E-state index is 0.0154. The number of aliphatic hydroxyl groups excluding tert-OH is 2. The van der Waals surface area contributed by atoms with E-state index in [1.165, 1.54) is 109 Å². The number of unbranched alkanes of at least 4 members (excludes halogenated alkanes) is 21. The van der Waals surface area contributed by atoms with Gasteiger partial charge in [-0.1, -0.05) is 154 Å². The summed E-state index contributed by atoms with van der Waals surface area (Å²) in [7, 11) is 1.41. The van der Waals surface area contributed by atoms with Gasteiger partial charge in [0.25, 0.3) is 0 Å². The number of hydrogen-bond acceptors (Lipinski definition) is 6. The fourth-order valence-corrected chi connectivity index (χ4v) is 6.95. The fourth-order valence-electron chi connectivity index (χ4n) is 6.22. The number of hydrogen-bond donors (Lipinski definition) is 4. The van der Waals surface area contributed by atoms with Gasteiger partial charge >= 0.3 is 7.82 Å². The van der Waals surface area contributed by atoms with E-state index in [1.54, 1.807) is 0 Å². The molecule has 0 aliphatic heterocycles. The van der Waals surface area contributed by atoms with Crippen molar-refractivity contribution in [3.63, 3.8) is 0 Å². The molecule has 1 amide bonds. The maximum absolute atomic E-state index is 12.9. The van der Waals surface area contributed by atoms with Crippen molar-refractivity contribution in [3.8, 4) is 0 Å². The third-order valence-corrected chi connectivity index (χ3v) is 10.8. The summed E-state index contributed by atoms with van der Waals surface area (Å²) in [6.07, 6.45) is 36.7. The Morgan fingerprint density at radius 3 is 1.57 bits per heavy atom. The van der Waals surface area contributed by atoms with E-state index in [9.17, 15) is 24.5 Å². The van der Waals surface area contributed by atoms with Crippen molar-refractivity contribution >= 4 is 13.7 Å². The molecule has 0 saturated heterocycles. The maximum Gasteiger partial charge on any atom is 0.472 e. The van der Waals surface area contributed by atoms with E-state index in [-0.39, 0.29) is 18.9 Å². The quantitative estimate of drug-likeness (QED) is 0.0212. The van der Waals surface area contributed by atoms with Crippen LogP contribution < -0.4 is 5.32 Å². The predicted octanol–water partition coefficient (Wildman–Crippen LogP) is 10.7. The highest BCUT2D eigenvalue weighted by atomic mass is 31.2. The van der Waals surface area contributed by atoms with Crippen LogP contribution in [0.1, 0.15) is 187 Å². The molecule has 0 spiro atoms. The zero-order valence-electron chi connectivity index (χ0n) is 35.1. The van der Waals surface area contributed by atoms with Gasteiger partial charge in [-0.3, -0.25) is 13.8 Å². The van der Waals surface area contributed by atoms with E-state index in [2.05, 4.69) is 43.5 Å². The third-order valence-electron chi connectivity index (χ3n) is 9.77. The van der Waals surface area contributed by atoms with Crippen molar-refractivity contribution in [2.45, 2.75) is 205 Å². The summed E-state index contributed by atoms with van der Waals surface area (Å²) in [4.78, 5) is 23.1. The van der Waals surface area contributed by atoms with Crippen molar-refractivity contribution < 1.29 is 38.0 Å². The van der Waals surface area contributed by atoms with Crippen LogP contribution in [0.5, 0.6) is 0 Å². The zero-order valence-corrected chi connectivity index (χ0v) is 36.0. The summed E-state index contributed by atoms with van der Waals surface area (Å²) in [5.41, 5.74) is 0. The molecule has 0 aliphatic rings. The van der Waals surface area contributed by atoms with Crippen LogP contribution >= 0.6 is 7.82 Å². The number of phosphoric acid groups is 1. The van der Waals surface area contributed by atoms with E-state index >= 15 is 0 Å². The molecule has 53 heavy (non-hydrogen) atoms. The highest BCUT2D eigenvalue weighted by molar-refractivity contribution is 7.47. The Balaban J connectivity index is 4.53. The van der Waals surface area contributed by atoms with E-state index in [1.807, 2.05) is 21.1 Å². The van der Waals surface area contributed by atoms with Gasteiger partial charge in [0.2, 0.25) is 5.91 Å². The smallest absolute Gasteiger partial charge is 0.390 e. The van der Waals surface area contributed by atoms with Crippen LogP contribution in [0, 0.1) is 0 Å². The first-order chi connectivity index (χ1) is 25.4. The summed E-state index contributed by atoms with van der Waals surface area (Å²) in [6, 6.07) is -1.05. The zero-order chi connectivity index (χ0) is 39.5. The van der Waals surface area contributed by atoms with Gasteiger partial charge in [0.15, 0.2) is 0 Å². The predicted molar refractivity (Wildman–Crippen MR) is 223 cm³/mol. The minimum atomic E-state index is -4.42. The lowest BCUT2D eigenvalue weighted by atomic mass is 10.0. The third kappa shape index (κ3) is 36.3. The van der Waals surface area contributed by atoms with Crippen LogP contribution in [0.4, 0.5) is 0 Å². The van der Waals surface area contributed by atoms with Gasteiger partial charge < -0.3 is 24.9 Å². The standard InChI is InChI=1S/C43H85N2O7P/c1-6-8-10-12-14-16-18-20-21-22-23-24-26-28-30-32-34-36-42(47)44-40(39-52-53(49,50)51-38-37-45(3,4)5)43(48)41(46)35-33-31-29-27-25-19-17-15-13-11-9-7-2/h15,17,27,29,40-41,43,46,48H,6-14,16,18-26,28,30-39H2,1-5H3,(H-,44,47,49,50)/p+1/b17-15+,29-27+. The van der Waals surface area contributed by atoms with Gasteiger partial charge in [-0.25, -0.2) is 4.57 Å². The lowest BCUT2D eigenvalue weighted by Crippen LogP contribution is -2.51. The molecular formula is C43H86N2O7P+. The molecule has 0 aromatic rings. The number of aliphatic hydroxyl groups is 2. The molecule has 0 saturated carbocycles. The number of phosphoric ester groups is 1. The summed E-state index contributed by atoms with van der Waals surface area (Å²) in [6.45, 7) is 4.54. The van der Waals surface area contributed by atoms with E-state index in [0.717, 1.165) is 44.9 Å². The average molecular weight is 774 g/mol. The molecule has 0 radical (unpaired) electrons. The van der Waals surface area contributed by atoms with Crippen molar-refractivity contribution in [2.24, 2.45) is 0 Å². The second kappa shape index (κ2) is 35.4. The number of quaternary nitrogens is 1. The van der Waals surface area contributed by atoms with E-state index < -0.39 is 32.7 Å². The monoisotopic (exact) mass is 774 g/mol. The molecule has 0 aromatic heterocycles. The number of rotatable bonds is 39. The van der Waals surface area contributed by atoms with Crippen LogP contribution in [0.15, 0.2) is 24.3 Å². The second-order valence-electron chi connectivity index (χ2n) is 16.2. The largest absolute Gasteiger partial charge is 0.472 e. The van der Waals surface area contributed by atoms with Gasteiger partial charge in [0, 0.05) is 6.42 Å². The lowest BCUT2D eigenvalue weighted by molar-refractivity contribution is -0.870. The highest BCUT2D eigenvalue weighted by Crippen LogP contribution is 2.43. The molecular weight excluding hydrogens is 687 g/mol. The van der Waals surface area contributed by atoms with E-state index in [4.69, 9.17) is 9.05 Å². The number of likely N-dealkylation sites (N-methyl/N-ethyl adjacent to an activating group) is 1. The highest BCUT2D eigenvalue weighted by Gasteiger charge is 2.31. The van der Waals surface area contributed by atoms with Gasteiger partial charge in [-0.05, 0) is 51.4 Å². The summed E-state index contributed by atoms with van der Waals surface area (Å²) >= 11 is 0. The summed E-state index contributed by atoms with van der Waals surface area (Å²) < 4.78 is 23.4. The Morgan fingerprint density at radius 1 is 0.642 bits per heavy atom. The number of carbonyl (C=O) groups is 1. The lowest BCUT2D eigenvalue weighted by Gasteiger charge is -2.28. The molecule has 0 aliphatic carbocycles. The van der Waals surface area contributed by atoms with Crippen molar-refractivity contribution in [1.29, 1.82) is 0 Å². The first-order valence-corrected chi connectivity index (χ1v) is 23.3. The number of carbonyl (C=O) groups excluding carboxylic acids is 1. The molecule has 0 aromatic carbocycles. The van der Waals surface area contributed by atoms with Crippen LogP contribution in [0.3, 0.4) is 0 Å². The number of nitrogens with zero attached hydrogens (tertiary/aromatic N) is 1. The molecule has 0 rings (SSSR count). The molecule has 0 bridgehead atoms. The van der Waals surface area contributed by atoms with Gasteiger partial charge in [0.05, 0.1) is 39.9 Å². The Labute approximate surface area is 327 Å². The minimum Gasteiger partial charge on any atom is -0.390 e. The Morgan fingerprint density at radius 2 is 1.08 bits per heavy atom. The number of allylic oxidation sites excluding steroid dienone is 4. The maximum atomic E-state index is 12.9. The van der Waals surface area contributed by atoms with Gasteiger partial charge in [0.1, 0.15) is 19.3 Å². The van der Waals surface area contributed by atoms with Crippen molar-refractivity contribution in [3.05, 3.63) is 24.3 Å². The molecule has 4 N–H and O–H groups in total. The van der Waals surface area contributed by atoms with Crippen molar-refractivity contribution in [1.82, 2.24) is 5.32 Å². The molecule has 9 nitrogen and oxygen atoms in total. The topological polar surface area (TPSA) is 125 Å². The van der Waals surface area contributed by atoms with Crippen LogP contribution in [0.25, 0.3) is 0 Å². The fraction of sp³-hybridized carbons (Fsp3) is 0.884. The first-order valence-electron chi connectivity index (χ1n) is 21.8. The molecule has 0 fully saturated rings. The van der Waals surface area contributed by atoms with Crippen LogP contribution in [-0.2, 0) is 18.4 Å². The van der Waals surface area contributed by atoms with Crippen LogP contribution in [0.2, 0.25) is 0 Å².